The predicted molar refractivity (Wildman–Crippen MR) is 140 cm³/mol. The number of rotatable bonds is 2. The van der Waals surface area contributed by atoms with E-state index in [4.69, 9.17) is 22.9 Å². The van der Waals surface area contributed by atoms with Crippen LogP contribution in [0.5, 0.6) is 0 Å². The van der Waals surface area contributed by atoms with E-state index in [0.29, 0.717) is 0 Å². The summed E-state index contributed by atoms with van der Waals surface area (Å²) < 4.78 is 0. The molecule has 0 amide bonds. The lowest BCUT2D eigenvalue weighted by Gasteiger charge is -2.10. The van der Waals surface area contributed by atoms with Gasteiger partial charge in [0, 0.05) is 22.7 Å². The summed E-state index contributed by atoms with van der Waals surface area (Å²) in [5, 5.41) is 0. The minimum Gasteiger partial charge on any atom is -0.399 e. The molecule has 0 saturated carbocycles. The third-order valence-corrected chi connectivity index (χ3v) is 5.58. The lowest BCUT2D eigenvalue weighted by molar-refractivity contribution is 1.41. The molecule has 0 bridgehead atoms. The Balaban J connectivity index is 0.000000181. The quantitative estimate of drug-likeness (QED) is 0.285. The highest BCUT2D eigenvalue weighted by Gasteiger charge is 2.06. The summed E-state index contributed by atoms with van der Waals surface area (Å²) in [5.41, 5.74) is 35.8. The maximum atomic E-state index is 5.75. The largest absolute Gasteiger partial charge is 0.399 e. The smallest absolute Gasteiger partial charge is 0.0317 e. The van der Waals surface area contributed by atoms with Gasteiger partial charge in [0.15, 0.2) is 0 Å². The molecule has 0 aliphatic heterocycles. The van der Waals surface area contributed by atoms with E-state index in [-0.39, 0.29) is 0 Å². The van der Waals surface area contributed by atoms with Crippen LogP contribution in [0.15, 0.2) is 72.8 Å². The van der Waals surface area contributed by atoms with Crippen LogP contribution in [0, 0.1) is 27.7 Å². The fraction of sp³-hybridized carbons (Fsp3) is 0.143. The second-order valence-corrected chi connectivity index (χ2v) is 8.30. The van der Waals surface area contributed by atoms with Crippen LogP contribution in [0.4, 0.5) is 22.7 Å². The summed E-state index contributed by atoms with van der Waals surface area (Å²) in [4.78, 5) is 0. The number of hydrogen-bond donors (Lipinski definition) is 4. The Morgan fingerprint density at radius 3 is 0.688 bits per heavy atom. The Kier molecular flexibility index (Phi) is 6.74. The number of nitrogen functional groups attached to an aromatic ring is 4. The molecule has 0 unspecified atom stereocenters. The Bertz CT molecular complexity index is 1060. The maximum Gasteiger partial charge on any atom is 0.0317 e. The van der Waals surface area contributed by atoms with Gasteiger partial charge >= 0.3 is 0 Å². The highest BCUT2D eigenvalue weighted by Crippen LogP contribution is 2.30. The van der Waals surface area contributed by atoms with E-state index in [1.165, 1.54) is 44.5 Å². The first kappa shape index (κ1) is 22.8. The van der Waals surface area contributed by atoms with Crippen LogP contribution in [0.3, 0.4) is 0 Å². The van der Waals surface area contributed by atoms with Crippen molar-refractivity contribution >= 4 is 22.7 Å². The second-order valence-electron chi connectivity index (χ2n) is 8.30. The van der Waals surface area contributed by atoms with Gasteiger partial charge in [0.05, 0.1) is 0 Å². The first-order valence-corrected chi connectivity index (χ1v) is 10.6. The number of hydrogen-bond acceptors (Lipinski definition) is 4. The van der Waals surface area contributed by atoms with Crippen molar-refractivity contribution in [2.45, 2.75) is 27.7 Å². The van der Waals surface area contributed by atoms with Crippen LogP contribution in [0.2, 0.25) is 0 Å². The summed E-state index contributed by atoms with van der Waals surface area (Å²) in [6, 6.07) is 23.9. The molecule has 0 fully saturated rings. The molecule has 0 heterocycles. The Labute approximate surface area is 190 Å². The van der Waals surface area contributed by atoms with Crippen molar-refractivity contribution in [3.8, 4) is 22.3 Å². The Morgan fingerprint density at radius 2 is 0.531 bits per heavy atom. The fourth-order valence-electron chi connectivity index (χ4n) is 3.96. The molecule has 32 heavy (non-hydrogen) atoms. The van der Waals surface area contributed by atoms with Gasteiger partial charge in [-0.3, -0.25) is 0 Å². The van der Waals surface area contributed by atoms with Gasteiger partial charge in [-0.2, -0.15) is 0 Å². The SMILES string of the molecule is Cc1cc(N)ccc1-c1ccc(N)cc1C.Cc1cc(N)ccc1-c1ccc(N)cc1C. The van der Waals surface area contributed by atoms with Gasteiger partial charge in [0.25, 0.3) is 0 Å². The maximum absolute atomic E-state index is 5.75. The number of benzene rings is 4. The van der Waals surface area contributed by atoms with Crippen LogP contribution in [0.1, 0.15) is 22.3 Å². The third kappa shape index (κ3) is 5.22. The van der Waals surface area contributed by atoms with E-state index in [0.717, 1.165) is 22.7 Å². The van der Waals surface area contributed by atoms with E-state index < -0.39 is 0 Å². The van der Waals surface area contributed by atoms with Gasteiger partial charge in [-0.05, 0) is 121 Å². The van der Waals surface area contributed by atoms with Crippen molar-refractivity contribution in [3.05, 3.63) is 95.1 Å². The molecule has 8 N–H and O–H groups in total. The molecule has 0 atom stereocenters. The van der Waals surface area contributed by atoms with E-state index >= 15 is 0 Å². The summed E-state index contributed by atoms with van der Waals surface area (Å²) in [7, 11) is 0. The highest BCUT2D eigenvalue weighted by atomic mass is 14.6. The topological polar surface area (TPSA) is 104 Å². The molecule has 0 radical (unpaired) electrons. The average molecular weight is 425 g/mol. The van der Waals surface area contributed by atoms with Crippen LogP contribution >= 0.6 is 0 Å². The second kappa shape index (κ2) is 9.48. The van der Waals surface area contributed by atoms with Gasteiger partial charge in [-0.15, -0.1) is 0 Å². The predicted octanol–water partition coefficient (Wildman–Crippen LogP) is 6.27. The molecule has 0 aliphatic rings. The van der Waals surface area contributed by atoms with Gasteiger partial charge in [-0.1, -0.05) is 24.3 Å². The normalized spacial score (nSPS) is 10.4. The lowest BCUT2D eigenvalue weighted by atomic mass is 9.96. The van der Waals surface area contributed by atoms with Gasteiger partial charge in [0.1, 0.15) is 0 Å². The van der Waals surface area contributed by atoms with Gasteiger partial charge < -0.3 is 22.9 Å². The molecule has 0 spiro atoms. The molecule has 4 nitrogen and oxygen atoms in total. The zero-order chi connectivity index (χ0) is 23.4. The van der Waals surface area contributed by atoms with Crippen LogP contribution in [-0.2, 0) is 0 Å². The monoisotopic (exact) mass is 424 g/mol. The molecule has 0 saturated heterocycles. The molecule has 0 aliphatic carbocycles. The van der Waals surface area contributed by atoms with Crippen LogP contribution < -0.4 is 22.9 Å². The molecule has 0 aromatic heterocycles. The number of aryl methyl sites for hydroxylation is 4. The summed E-state index contributed by atoms with van der Waals surface area (Å²) in [6.07, 6.45) is 0. The van der Waals surface area contributed by atoms with E-state index in [2.05, 4.69) is 52.0 Å². The van der Waals surface area contributed by atoms with Crippen LogP contribution in [0.25, 0.3) is 22.3 Å². The van der Waals surface area contributed by atoms with Crippen molar-refractivity contribution in [1.29, 1.82) is 0 Å². The summed E-state index contributed by atoms with van der Waals surface area (Å²) in [5.74, 6) is 0. The van der Waals surface area contributed by atoms with E-state index in [9.17, 15) is 0 Å². The number of anilines is 4. The Hall–Kier alpha value is -3.92. The molecule has 4 rings (SSSR count). The summed E-state index contributed by atoms with van der Waals surface area (Å²) in [6.45, 7) is 8.28. The first-order chi connectivity index (χ1) is 15.2. The lowest BCUT2D eigenvalue weighted by Crippen LogP contribution is -1.92. The van der Waals surface area contributed by atoms with Gasteiger partial charge in [0.2, 0.25) is 0 Å². The van der Waals surface area contributed by atoms with E-state index in [1.54, 1.807) is 0 Å². The third-order valence-electron chi connectivity index (χ3n) is 5.58. The zero-order valence-electron chi connectivity index (χ0n) is 19.2. The van der Waals surface area contributed by atoms with Crippen LogP contribution in [-0.4, -0.2) is 0 Å². The number of nitrogens with two attached hydrogens (primary N) is 4. The van der Waals surface area contributed by atoms with Crippen molar-refractivity contribution in [2.24, 2.45) is 0 Å². The summed E-state index contributed by atoms with van der Waals surface area (Å²) >= 11 is 0. The van der Waals surface area contributed by atoms with E-state index in [1.807, 2.05) is 48.5 Å². The molecule has 164 valence electrons. The zero-order valence-corrected chi connectivity index (χ0v) is 19.2. The fourth-order valence-corrected chi connectivity index (χ4v) is 3.96. The molecule has 4 aromatic rings. The minimum absolute atomic E-state index is 0.800. The minimum atomic E-state index is 0.800. The average Bonchev–Trinajstić information content (AvgIpc) is 2.70. The van der Waals surface area contributed by atoms with Gasteiger partial charge in [-0.25, -0.2) is 0 Å². The molecular weight excluding hydrogens is 392 g/mol. The first-order valence-electron chi connectivity index (χ1n) is 10.6. The molecule has 4 heteroatoms. The van der Waals surface area contributed by atoms with Crippen molar-refractivity contribution in [1.82, 2.24) is 0 Å². The molecule has 4 aromatic carbocycles. The van der Waals surface area contributed by atoms with Crippen molar-refractivity contribution in [3.63, 3.8) is 0 Å². The van der Waals surface area contributed by atoms with Crippen molar-refractivity contribution in [2.75, 3.05) is 22.9 Å². The Morgan fingerprint density at radius 1 is 0.344 bits per heavy atom. The molecular formula is C28H32N4. The highest BCUT2D eigenvalue weighted by molar-refractivity contribution is 5.75. The standard InChI is InChI=1S/2C14H16N2/c2*1-9-7-11(15)3-5-13(9)14-6-4-12(16)8-10(14)2/h2*3-8H,15-16H2,1-2H3. The van der Waals surface area contributed by atoms with Crippen molar-refractivity contribution < 1.29 is 0 Å².